The molecule has 0 bridgehead atoms. The molecule has 0 aliphatic heterocycles. The second-order valence-electron chi connectivity index (χ2n) is 6.98. The third kappa shape index (κ3) is 1.93. The molecule has 5 atom stereocenters. The minimum absolute atomic E-state index is 0.00653. The predicted molar refractivity (Wildman–Crippen MR) is 69.4 cm³/mol. The molecule has 19 heavy (non-hydrogen) atoms. The molecule has 0 aromatic carbocycles. The average Bonchev–Trinajstić information content (AvgIpc) is 2.91. The van der Waals surface area contributed by atoms with Crippen LogP contribution in [-0.4, -0.2) is 27.5 Å². The Labute approximate surface area is 113 Å². The number of furan rings is 1. The standard InChI is InChI=1S/C15H22O4/c1-14(8-16)4-10-12(5-14)15(2,18)3-9-6-19-7-11(9)13(10)17/h6-7,10,12-13,16-18H,3-5,8H2,1-2H3. The van der Waals surface area contributed by atoms with Crippen LogP contribution in [0.1, 0.15) is 43.9 Å². The van der Waals surface area contributed by atoms with Crippen LogP contribution >= 0.6 is 0 Å². The molecule has 3 N–H and O–H groups in total. The quantitative estimate of drug-likeness (QED) is 0.722. The maximum Gasteiger partial charge on any atom is 0.0963 e. The number of hydrogen-bond acceptors (Lipinski definition) is 4. The van der Waals surface area contributed by atoms with Gasteiger partial charge in [-0.1, -0.05) is 6.92 Å². The molecule has 1 aromatic rings. The molecule has 1 heterocycles. The van der Waals surface area contributed by atoms with Crippen LogP contribution in [0.2, 0.25) is 0 Å². The first-order chi connectivity index (χ1) is 8.86. The van der Waals surface area contributed by atoms with Gasteiger partial charge in [0, 0.05) is 18.6 Å². The number of fused-ring (bicyclic) bond motifs is 2. The molecular formula is C15H22O4. The summed E-state index contributed by atoms with van der Waals surface area (Å²) in [6.07, 6.45) is 4.59. The Morgan fingerprint density at radius 2 is 2.05 bits per heavy atom. The van der Waals surface area contributed by atoms with Crippen molar-refractivity contribution in [2.45, 2.75) is 44.8 Å². The Kier molecular flexibility index (Phi) is 2.82. The summed E-state index contributed by atoms with van der Waals surface area (Å²) in [4.78, 5) is 0. The minimum atomic E-state index is -0.867. The predicted octanol–water partition coefficient (Wildman–Crippen LogP) is 1.64. The molecule has 3 rings (SSSR count). The highest BCUT2D eigenvalue weighted by atomic mass is 16.3. The Morgan fingerprint density at radius 1 is 1.32 bits per heavy atom. The van der Waals surface area contributed by atoms with Crippen molar-refractivity contribution in [3.63, 3.8) is 0 Å². The van der Waals surface area contributed by atoms with Gasteiger partial charge in [-0.15, -0.1) is 0 Å². The van der Waals surface area contributed by atoms with E-state index in [0.29, 0.717) is 6.42 Å². The van der Waals surface area contributed by atoms with Crippen molar-refractivity contribution in [1.82, 2.24) is 0 Å². The first-order valence-electron chi connectivity index (χ1n) is 6.93. The molecule has 4 heteroatoms. The van der Waals surface area contributed by atoms with Crippen LogP contribution in [-0.2, 0) is 6.42 Å². The van der Waals surface area contributed by atoms with E-state index < -0.39 is 11.7 Å². The fourth-order valence-corrected chi connectivity index (χ4v) is 4.10. The summed E-state index contributed by atoms with van der Waals surface area (Å²) in [7, 11) is 0. The van der Waals surface area contributed by atoms with E-state index >= 15 is 0 Å². The lowest BCUT2D eigenvalue weighted by molar-refractivity contribution is -0.0397. The van der Waals surface area contributed by atoms with Crippen molar-refractivity contribution in [3.05, 3.63) is 23.7 Å². The van der Waals surface area contributed by atoms with Crippen LogP contribution < -0.4 is 0 Å². The molecule has 5 unspecified atom stereocenters. The number of rotatable bonds is 1. The third-order valence-corrected chi connectivity index (χ3v) is 5.19. The van der Waals surface area contributed by atoms with Crippen LogP contribution in [0, 0.1) is 17.3 Å². The first kappa shape index (κ1) is 13.2. The highest BCUT2D eigenvalue weighted by molar-refractivity contribution is 5.29. The lowest BCUT2D eigenvalue weighted by Gasteiger charge is -2.33. The van der Waals surface area contributed by atoms with Gasteiger partial charge in [0.05, 0.1) is 24.2 Å². The Balaban J connectivity index is 2.03. The Hall–Kier alpha value is -0.840. The Bertz CT molecular complexity index is 478. The molecule has 2 aliphatic rings. The fraction of sp³-hybridized carbons (Fsp3) is 0.733. The van der Waals surface area contributed by atoms with Gasteiger partial charge in [-0.3, -0.25) is 0 Å². The molecule has 2 aliphatic carbocycles. The molecule has 1 fully saturated rings. The zero-order valence-corrected chi connectivity index (χ0v) is 11.5. The van der Waals surface area contributed by atoms with Gasteiger partial charge in [0.2, 0.25) is 0 Å². The van der Waals surface area contributed by atoms with E-state index in [2.05, 4.69) is 0 Å². The lowest BCUT2D eigenvalue weighted by atomic mass is 9.78. The van der Waals surface area contributed by atoms with Crippen molar-refractivity contribution in [3.8, 4) is 0 Å². The van der Waals surface area contributed by atoms with E-state index in [1.54, 1.807) is 12.5 Å². The highest BCUT2D eigenvalue weighted by Gasteiger charge is 2.53. The minimum Gasteiger partial charge on any atom is -0.472 e. The highest BCUT2D eigenvalue weighted by Crippen LogP contribution is 2.56. The summed E-state index contributed by atoms with van der Waals surface area (Å²) in [5.41, 5.74) is 0.627. The molecule has 0 saturated heterocycles. The first-order valence-corrected chi connectivity index (χ1v) is 6.93. The maximum absolute atomic E-state index is 10.8. The van der Waals surface area contributed by atoms with E-state index in [0.717, 1.165) is 24.0 Å². The lowest BCUT2D eigenvalue weighted by Crippen LogP contribution is -2.38. The van der Waals surface area contributed by atoms with Crippen LogP contribution in [0.5, 0.6) is 0 Å². The third-order valence-electron chi connectivity index (χ3n) is 5.19. The van der Waals surface area contributed by atoms with Gasteiger partial charge < -0.3 is 19.7 Å². The van der Waals surface area contributed by atoms with E-state index in [-0.39, 0.29) is 23.9 Å². The molecule has 1 saturated carbocycles. The van der Waals surface area contributed by atoms with Gasteiger partial charge in [-0.05, 0) is 42.6 Å². The van der Waals surface area contributed by atoms with Crippen molar-refractivity contribution in [2.24, 2.45) is 17.3 Å². The van der Waals surface area contributed by atoms with E-state index in [1.807, 2.05) is 13.8 Å². The largest absolute Gasteiger partial charge is 0.472 e. The van der Waals surface area contributed by atoms with Crippen molar-refractivity contribution in [2.75, 3.05) is 6.61 Å². The second-order valence-corrected chi connectivity index (χ2v) is 6.98. The topological polar surface area (TPSA) is 73.8 Å². The smallest absolute Gasteiger partial charge is 0.0963 e. The monoisotopic (exact) mass is 266 g/mol. The zero-order chi connectivity index (χ0) is 13.8. The fourth-order valence-electron chi connectivity index (χ4n) is 4.10. The van der Waals surface area contributed by atoms with Crippen LogP contribution in [0.15, 0.2) is 16.9 Å². The molecule has 1 aromatic heterocycles. The Morgan fingerprint density at radius 3 is 2.74 bits per heavy atom. The van der Waals surface area contributed by atoms with E-state index in [1.165, 1.54) is 0 Å². The van der Waals surface area contributed by atoms with Gasteiger partial charge in [-0.2, -0.15) is 0 Å². The number of aliphatic hydroxyl groups excluding tert-OH is 2. The SMILES string of the molecule is CC1(CO)CC2C(O)c3cocc3CC(C)(O)C2C1. The second kappa shape index (κ2) is 4.08. The van der Waals surface area contributed by atoms with Crippen molar-refractivity contribution >= 4 is 0 Å². The summed E-state index contributed by atoms with van der Waals surface area (Å²) in [6, 6.07) is 0. The van der Waals surface area contributed by atoms with Crippen molar-refractivity contribution in [1.29, 1.82) is 0 Å². The normalized spacial score (nSPS) is 45.6. The van der Waals surface area contributed by atoms with E-state index in [9.17, 15) is 15.3 Å². The van der Waals surface area contributed by atoms with Gasteiger partial charge in [0.1, 0.15) is 0 Å². The summed E-state index contributed by atoms with van der Waals surface area (Å²) in [5.74, 6) is -0.0157. The summed E-state index contributed by atoms with van der Waals surface area (Å²) in [6.45, 7) is 3.96. The molecule has 0 spiro atoms. The van der Waals surface area contributed by atoms with E-state index in [4.69, 9.17) is 4.42 Å². The van der Waals surface area contributed by atoms with Crippen LogP contribution in [0.4, 0.5) is 0 Å². The zero-order valence-electron chi connectivity index (χ0n) is 11.5. The summed E-state index contributed by atoms with van der Waals surface area (Å²) >= 11 is 0. The summed E-state index contributed by atoms with van der Waals surface area (Å²) in [5, 5.41) is 31.0. The molecule has 106 valence electrons. The van der Waals surface area contributed by atoms with Gasteiger partial charge in [0.15, 0.2) is 0 Å². The van der Waals surface area contributed by atoms with Gasteiger partial charge in [0.25, 0.3) is 0 Å². The number of aliphatic hydroxyl groups is 3. The number of hydrogen-bond donors (Lipinski definition) is 3. The van der Waals surface area contributed by atoms with Crippen molar-refractivity contribution < 1.29 is 19.7 Å². The average molecular weight is 266 g/mol. The molecule has 4 nitrogen and oxygen atoms in total. The van der Waals surface area contributed by atoms with Gasteiger partial charge in [-0.25, -0.2) is 0 Å². The van der Waals surface area contributed by atoms with Gasteiger partial charge >= 0.3 is 0 Å². The maximum atomic E-state index is 10.8. The summed E-state index contributed by atoms with van der Waals surface area (Å²) < 4.78 is 5.19. The van der Waals surface area contributed by atoms with Crippen LogP contribution in [0.25, 0.3) is 0 Å². The molecular weight excluding hydrogens is 244 g/mol. The van der Waals surface area contributed by atoms with Crippen LogP contribution in [0.3, 0.4) is 0 Å². The molecule has 0 amide bonds. The molecule has 0 radical (unpaired) electrons.